The quantitative estimate of drug-likeness (QED) is 0.749. The minimum Gasteiger partial charge on any atom is -0.285 e. The number of hydrogen-bond donors (Lipinski definition) is 1. The monoisotopic (exact) mass is 174 g/mol. The molecular weight excluding hydrogens is 164 g/mol. The molecule has 0 saturated heterocycles. The normalized spacial score (nSPS) is 10.2. The Morgan fingerprint density at radius 1 is 1.38 bits per heavy atom. The first kappa shape index (κ1) is 7.91. The van der Waals surface area contributed by atoms with Gasteiger partial charge >= 0.3 is 0 Å². The minimum absolute atomic E-state index is 0.932. The van der Waals surface area contributed by atoms with E-state index in [0.29, 0.717) is 0 Å². The molecule has 0 radical (unpaired) electrons. The summed E-state index contributed by atoms with van der Waals surface area (Å²) in [5.41, 5.74) is 3.12. The van der Waals surface area contributed by atoms with Gasteiger partial charge in [0.15, 0.2) is 0 Å². The maximum atomic E-state index is 4.22. The molecule has 0 unspecified atom stereocenters. The Morgan fingerprint density at radius 3 is 3.00 bits per heavy atom. The number of aryl methyl sites for hydroxylation is 1. The van der Waals surface area contributed by atoms with Crippen LogP contribution in [-0.4, -0.2) is 20.2 Å². The summed E-state index contributed by atoms with van der Waals surface area (Å²) in [6.45, 7) is 2.09. The van der Waals surface area contributed by atoms with Crippen LogP contribution in [0.5, 0.6) is 0 Å². The standard InChI is InChI=1S/C9H10N4/c1-2-7-3-10-6-11-9(7)8-4-12-13-5-8/h3-6H,2H2,1H3,(H,12,13). The molecule has 0 aliphatic rings. The number of hydrogen-bond acceptors (Lipinski definition) is 3. The van der Waals surface area contributed by atoms with E-state index in [1.807, 2.05) is 12.4 Å². The fourth-order valence-corrected chi connectivity index (χ4v) is 1.26. The first-order valence-corrected chi connectivity index (χ1v) is 4.20. The smallest absolute Gasteiger partial charge is 0.116 e. The molecule has 4 heteroatoms. The lowest BCUT2D eigenvalue weighted by molar-refractivity contribution is 1.05. The van der Waals surface area contributed by atoms with Gasteiger partial charge in [0.05, 0.1) is 11.9 Å². The molecule has 0 spiro atoms. The molecule has 2 rings (SSSR count). The van der Waals surface area contributed by atoms with Gasteiger partial charge in [-0.25, -0.2) is 9.97 Å². The van der Waals surface area contributed by atoms with E-state index in [-0.39, 0.29) is 0 Å². The lowest BCUT2D eigenvalue weighted by atomic mass is 10.1. The Morgan fingerprint density at radius 2 is 2.31 bits per heavy atom. The van der Waals surface area contributed by atoms with Crippen LogP contribution in [0.2, 0.25) is 0 Å². The third-order valence-electron chi connectivity index (χ3n) is 1.94. The van der Waals surface area contributed by atoms with E-state index in [4.69, 9.17) is 0 Å². The molecule has 2 aromatic heterocycles. The van der Waals surface area contributed by atoms with Gasteiger partial charge in [0.1, 0.15) is 6.33 Å². The molecule has 0 aliphatic heterocycles. The number of aromatic amines is 1. The largest absolute Gasteiger partial charge is 0.285 e. The summed E-state index contributed by atoms with van der Waals surface area (Å²) in [6.07, 6.45) is 7.93. The van der Waals surface area contributed by atoms with Crippen LogP contribution in [0.15, 0.2) is 24.9 Å². The Hall–Kier alpha value is -1.71. The van der Waals surface area contributed by atoms with Gasteiger partial charge in [-0.3, -0.25) is 5.10 Å². The predicted molar refractivity (Wildman–Crippen MR) is 49.0 cm³/mol. The Labute approximate surface area is 76.1 Å². The number of H-pyrrole nitrogens is 1. The molecule has 0 saturated carbocycles. The van der Waals surface area contributed by atoms with Crippen molar-refractivity contribution in [3.05, 3.63) is 30.5 Å². The van der Waals surface area contributed by atoms with E-state index < -0.39 is 0 Å². The third kappa shape index (κ3) is 1.42. The highest BCUT2D eigenvalue weighted by Gasteiger charge is 2.05. The maximum absolute atomic E-state index is 4.22. The van der Waals surface area contributed by atoms with Crippen LogP contribution >= 0.6 is 0 Å². The number of rotatable bonds is 2. The van der Waals surface area contributed by atoms with Crippen LogP contribution in [0, 0.1) is 0 Å². The van der Waals surface area contributed by atoms with Gasteiger partial charge in [0.2, 0.25) is 0 Å². The average Bonchev–Trinajstić information content (AvgIpc) is 2.70. The van der Waals surface area contributed by atoms with Crippen molar-refractivity contribution in [2.45, 2.75) is 13.3 Å². The van der Waals surface area contributed by atoms with Gasteiger partial charge in [0, 0.05) is 18.0 Å². The van der Waals surface area contributed by atoms with Crippen LogP contribution in [0.4, 0.5) is 0 Å². The zero-order chi connectivity index (χ0) is 9.10. The second-order valence-corrected chi connectivity index (χ2v) is 2.74. The third-order valence-corrected chi connectivity index (χ3v) is 1.94. The summed E-state index contributed by atoms with van der Waals surface area (Å²) in [5.74, 6) is 0. The molecule has 2 aromatic rings. The van der Waals surface area contributed by atoms with E-state index in [1.165, 1.54) is 0 Å². The van der Waals surface area contributed by atoms with E-state index in [9.17, 15) is 0 Å². The topological polar surface area (TPSA) is 54.5 Å². The van der Waals surface area contributed by atoms with Crippen LogP contribution in [-0.2, 0) is 6.42 Å². The highest BCUT2D eigenvalue weighted by molar-refractivity contribution is 5.60. The Bertz CT molecular complexity index is 380. The van der Waals surface area contributed by atoms with Crippen LogP contribution in [0.25, 0.3) is 11.3 Å². The van der Waals surface area contributed by atoms with E-state index >= 15 is 0 Å². The van der Waals surface area contributed by atoms with Crippen LogP contribution < -0.4 is 0 Å². The van der Waals surface area contributed by atoms with Crippen molar-refractivity contribution in [1.29, 1.82) is 0 Å². The van der Waals surface area contributed by atoms with Gasteiger partial charge < -0.3 is 0 Å². The van der Waals surface area contributed by atoms with Crippen LogP contribution in [0.1, 0.15) is 12.5 Å². The SMILES string of the molecule is CCc1cncnc1-c1cn[nH]c1. The second-order valence-electron chi connectivity index (χ2n) is 2.74. The molecule has 2 heterocycles. The maximum Gasteiger partial charge on any atom is 0.116 e. The summed E-state index contributed by atoms with van der Waals surface area (Å²) in [5, 5.41) is 6.66. The van der Waals surface area contributed by atoms with Crippen molar-refractivity contribution < 1.29 is 0 Å². The summed E-state index contributed by atoms with van der Waals surface area (Å²) in [7, 11) is 0. The molecule has 0 aromatic carbocycles. The molecule has 0 amide bonds. The van der Waals surface area contributed by atoms with Gasteiger partial charge in [-0.2, -0.15) is 5.10 Å². The van der Waals surface area contributed by atoms with Crippen molar-refractivity contribution in [1.82, 2.24) is 20.2 Å². The lowest BCUT2D eigenvalue weighted by Crippen LogP contribution is -1.91. The molecule has 0 aliphatic carbocycles. The summed E-state index contributed by atoms with van der Waals surface area (Å²) < 4.78 is 0. The van der Waals surface area contributed by atoms with Gasteiger partial charge in [0.25, 0.3) is 0 Å². The van der Waals surface area contributed by atoms with Crippen molar-refractivity contribution >= 4 is 0 Å². The van der Waals surface area contributed by atoms with E-state index in [1.54, 1.807) is 12.5 Å². The van der Waals surface area contributed by atoms with E-state index in [2.05, 4.69) is 27.1 Å². The summed E-state index contributed by atoms with van der Waals surface area (Å²) in [6, 6.07) is 0. The molecular formula is C9H10N4. The molecule has 4 nitrogen and oxygen atoms in total. The zero-order valence-corrected chi connectivity index (χ0v) is 7.36. The fourth-order valence-electron chi connectivity index (χ4n) is 1.26. The highest BCUT2D eigenvalue weighted by atomic mass is 15.1. The highest BCUT2D eigenvalue weighted by Crippen LogP contribution is 2.18. The average molecular weight is 174 g/mol. The number of nitrogens with zero attached hydrogens (tertiary/aromatic N) is 3. The number of nitrogens with one attached hydrogen (secondary N) is 1. The minimum atomic E-state index is 0.932. The van der Waals surface area contributed by atoms with Crippen molar-refractivity contribution in [2.75, 3.05) is 0 Å². The first-order valence-electron chi connectivity index (χ1n) is 4.20. The van der Waals surface area contributed by atoms with Crippen molar-refractivity contribution in [3.8, 4) is 11.3 Å². The van der Waals surface area contributed by atoms with E-state index in [0.717, 1.165) is 23.2 Å². The molecule has 66 valence electrons. The van der Waals surface area contributed by atoms with Crippen molar-refractivity contribution in [3.63, 3.8) is 0 Å². The Kier molecular flexibility index (Phi) is 2.04. The molecule has 0 bridgehead atoms. The number of aromatic nitrogens is 4. The second kappa shape index (κ2) is 3.35. The molecule has 0 fully saturated rings. The fraction of sp³-hybridized carbons (Fsp3) is 0.222. The van der Waals surface area contributed by atoms with Gasteiger partial charge in [-0.15, -0.1) is 0 Å². The van der Waals surface area contributed by atoms with Gasteiger partial charge in [-0.1, -0.05) is 6.92 Å². The van der Waals surface area contributed by atoms with Crippen molar-refractivity contribution in [2.24, 2.45) is 0 Å². The van der Waals surface area contributed by atoms with Crippen LogP contribution in [0.3, 0.4) is 0 Å². The molecule has 0 atom stereocenters. The Balaban J connectivity index is 2.51. The first-order chi connectivity index (χ1) is 6.42. The zero-order valence-electron chi connectivity index (χ0n) is 7.36. The van der Waals surface area contributed by atoms with Gasteiger partial charge in [-0.05, 0) is 12.0 Å². The summed E-state index contributed by atoms with van der Waals surface area (Å²) in [4.78, 5) is 8.21. The molecule has 13 heavy (non-hydrogen) atoms. The predicted octanol–water partition coefficient (Wildman–Crippen LogP) is 1.43. The summed E-state index contributed by atoms with van der Waals surface area (Å²) >= 11 is 0. The molecule has 1 N–H and O–H groups in total. The lowest BCUT2D eigenvalue weighted by Gasteiger charge is -2.01.